The molecular formula is C23H36N2O4S. The van der Waals surface area contributed by atoms with E-state index in [0.29, 0.717) is 12.5 Å². The number of rotatable bonds is 3. The fourth-order valence-corrected chi connectivity index (χ4v) is 6.20. The van der Waals surface area contributed by atoms with Crippen molar-refractivity contribution in [2.75, 3.05) is 26.0 Å². The normalized spacial score (nSPS) is 33.3. The summed E-state index contributed by atoms with van der Waals surface area (Å²) in [6.07, 6.45) is 8.65. The number of fused-ring (bicyclic) bond motifs is 5. The van der Waals surface area contributed by atoms with Crippen LogP contribution in [0.4, 0.5) is 0 Å². The van der Waals surface area contributed by atoms with Crippen molar-refractivity contribution in [2.45, 2.75) is 82.1 Å². The quantitative estimate of drug-likeness (QED) is 0.788. The average Bonchev–Trinajstić information content (AvgIpc) is 2.74. The molecule has 1 aromatic rings. The fourth-order valence-electron chi connectivity index (χ4n) is 5.38. The Kier molecular flexibility index (Phi) is 7.02. The van der Waals surface area contributed by atoms with E-state index in [0.717, 1.165) is 63.8 Å². The monoisotopic (exact) mass is 436 g/mol. The maximum absolute atomic E-state index is 12.0. The maximum Gasteiger partial charge on any atom is 0.209 e. The molecule has 168 valence electrons. The number of hydrogen-bond acceptors (Lipinski definition) is 5. The van der Waals surface area contributed by atoms with Gasteiger partial charge in [0.05, 0.1) is 19.0 Å². The second-order valence-electron chi connectivity index (χ2n) is 9.19. The maximum atomic E-state index is 12.0. The molecule has 1 aliphatic carbocycles. The second kappa shape index (κ2) is 9.55. The van der Waals surface area contributed by atoms with E-state index in [9.17, 15) is 8.42 Å². The number of para-hydroxylation sites is 1. The van der Waals surface area contributed by atoms with Gasteiger partial charge in [-0.1, -0.05) is 25.1 Å². The van der Waals surface area contributed by atoms with Crippen molar-refractivity contribution in [1.29, 1.82) is 0 Å². The summed E-state index contributed by atoms with van der Waals surface area (Å²) in [6, 6.07) is 8.45. The lowest BCUT2D eigenvalue weighted by Gasteiger charge is -2.43. The number of nitrogens with one attached hydrogen (secondary N) is 1. The standard InChI is InChI=1S/C23H36N2O4S/c1-3-18-15-25-14-6-8-21(24-30(2,26)27)22(25)16-28-19-12-10-17(11-13-19)20-7-4-5-9-23(20)29-18/h4-5,7,9,17-19,21-22,24H,3,6,8,10-16H2,1-2H3/t17-,18-,19+,21+,22+/m1/s1. The van der Waals surface area contributed by atoms with Gasteiger partial charge in [-0.2, -0.15) is 0 Å². The van der Waals surface area contributed by atoms with Gasteiger partial charge in [0, 0.05) is 18.6 Å². The van der Waals surface area contributed by atoms with Gasteiger partial charge < -0.3 is 9.47 Å². The lowest BCUT2D eigenvalue weighted by atomic mass is 9.82. The Morgan fingerprint density at radius 1 is 1.13 bits per heavy atom. The van der Waals surface area contributed by atoms with Crippen molar-refractivity contribution >= 4 is 10.0 Å². The van der Waals surface area contributed by atoms with Gasteiger partial charge in [0.1, 0.15) is 11.9 Å². The minimum absolute atomic E-state index is 0.0415. The first-order valence-corrected chi connectivity index (χ1v) is 13.4. The molecule has 3 aliphatic heterocycles. The molecule has 0 amide bonds. The van der Waals surface area contributed by atoms with Crippen molar-refractivity contribution in [1.82, 2.24) is 9.62 Å². The predicted octanol–water partition coefficient (Wildman–Crippen LogP) is 3.28. The molecule has 5 rings (SSSR count). The van der Waals surface area contributed by atoms with Gasteiger partial charge in [-0.05, 0) is 69.0 Å². The third kappa shape index (κ3) is 5.36. The van der Waals surface area contributed by atoms with E-state index in [1.165, 1.54) is 11.8 Å². The number of nitrogens with zero attached hydrogens (tertiary/aromatic N) is 1. The summed E-state index contributed by atoms with van der Waals surface area (Å²) in [7, 11) is -3.26. The molecule has 7 heteroatoms. The van der Waals surface area contributed by atoms with Gasteiger partial charge in [0.2, 0.25) is 10.0 Å². The molecule has 0 spiro atoms. The number of benzene rings is 1. The third-order valence-electron chi connectivity index (χ3n) is 6.98. The molecule has 3 atom stereocenters. The van der Waals surface area contributed by atoms with Crippen LogP contribution in [0.3, 0.4) is 0 Å². The molecule has 0 aromatic heterocycles. The molecule has 3 heterocycles. The van der Waals surface area contributed by atoms with E-state index in [1.807, 2.05) is 0 Å². The van der Waals surface area contributed by atoms with Gasteiger partial charge in [0.25, 0.3) is 0 Å². The Bertz CT molecular complexity index is 807. The van der Waals surface area contributed by atoms with E-state index in [4.69, 9.17) is 9.47 Å². The predicted molar refractivity (Wildman–Crippen MR) is 118 cm³/mol. The third-order valence-corrected chi connectivity index (χ3v) is 7.71. The summed E-state index contributed by atoms with van der Waals surface area (Å²) < 4.78 is 39.8. The van der Waals surface area contributed by atoms with E-state index >= 15 is 0 Å². The van der Waals surface area contributed by atoms with Crippen LogP contribution in [0.15, 0.2) is 24.3 Å². The Morgan fingerprint density at radius 3 is 2.63 bits per heavy atom. The summed E-state index contributed by atoms with van der Waals surface area (Å²) in [5.74, 6) is 1.55. The van der Waals surface area contributed by atoms with E-state index < -0.39 is 10.0 Å². The zero-order chi connectivity index (χ0) is 21.1. The van der Waals surface area contributed by atoms with Crippen LogP contribution in [0.2, 0.25) is 0 Å². The average molecular weight is 437 g/mol. The fraction of sp³-hybridized carbons (Fsp3) is 0.739. The van der Waals surface area contributed by atoms with Gasteiger partial charge in [-0.25, -0.2) is 13.1 Å². The zero-order valence-corrected chi connectivity index (χ0v) is 19.1. The van der Waals surface area contributed by atoms with Crippen molar-refractivity contribution in [2.24, 2.45) is 0 Å². The first-order chi connectivity index (χ1) is 14.4. The summed E-state index contributed by atoms with van der Waals surface area (Å²) in [6.45, 7) is 4.48. The van der Waals surface area contributed by atoms with Gasteiger partial charge in [-0.3, -0.25) is 4.90 Å². The lowest BCUT2D eigenvalue weighted by molar-refractivity contribution is -0.0335. The van der Waals surface area contributed by atoms with Crippen molar-refractivity contribution in [3.8, 4) is 5.75 Å². The summed E-state index contributed by atoms with van der Waals surface area (Å²) in [5.41, 5.74) is 1.33. The van der Waals surface area contributed by atoms with Gasteiger partial charge in [-0.15, -0.1) is 0 Å². The SMILES string of the molecule is CC[C@@H]1CN2CCC[C@H](NS(C)(=O)=O)[C@@H]2CO[C@H]2CC[C@H](CC2)c2ccccc2O1. The molecule has 30 heavy (non-hydrogen) atoms. The molecule has 0 radical (unpaired) electrons. The van der Waals surface area contributed by atoms with E-state index in [2.05, 4.69) is 40.8 Å². The number of piperidine rings is 1. The van der Waals surface area contributed by atoms with Crippen LogP contribution in [0.5, 0.6) is 5.75 Å². The highest BCUT2D eigenvalue weighted by molar-refractivity contribution is 7.88. The van der Waals surface area contributed by atoms with E-state index in [1.54, 1.807) is 0 Å². The first kappa shape index (κ1) is 22.1. The Labute approximate surface area is 181 Å². The topological polar surface area (TPSA) is 67.9 Å². The minimum Gasteiger partial charge on any atom is -0.489 e. The Morgan fingerprint density at radius 2 is 1.90 bits per heavy atom. The van der Waals surface area contributed by atoms with Crippen LogP contribution >= 0.6 is 0 Å². The highest BCUT2D eigenvalue weighted by atomic mass is 32.2. The molecule has 2 fully saturated rings. The summed E-state index contributed by atoms with van der Waals surface area (Å²) >= 11 is 0. The molecule has 1 N–H and O–H groups in total. The molecule has 1 aromatic carbocycles. The van der Waals surface area contributed by atoms with E-state index in [-0.39, 0.29) is 24.3 Å². The number of hydrogen-bond donors (Lipinski definition) is 1. The number of ether oxygens (including phenoxy) is 2. The molecule has 0 unspecified atom stereocenters. The van der Waals surface area contributed by atoms with Crippen LogP contribution in [0.1, 0.15) is 63.4 Å². The van der Waals surface area contributed by atoms with Crippen LogP contribution in [0.25, 0.3) is 0 Å². The molecule has 2 bridgehead atoms. The second-order valence-corrected chi connectivity index (χ2v) is 11.0. The molecule has 1 saturated heterocycles. The van der Waals surface area contributed by atoms with Crippen molar-refractivity contribution in [3.05, 3.63) is 29.8 Å². The van der Waals surface area contributed by atoms with Crippen molar-refractivity contribution in [3.63, 3.8) is 0 Å². The Hall–Kier alpha value is -1.15. The lowest BCUT2D eigenvalue weighted by Crippen LogP contribution is -2.59. The molecular weight excluding hydrogens is 400 g/mol. The zero-order valence-electron chi connectivity index (χ0n) is 18.3. The Balaban J connectivity index is 1.62. The highest BCUT2D eigenvalue weighted by Crippen LogP contribution is 2.39. The summed E-state index contributed by atoms with van der Waals surface area (Å²) in [4.78, 5) is 2.40. The van der Waals surface area contributed by atoms with Crippen LogP contribution in [-0.4, -0.2) is 63.6 Å². The molecule has 1 saturated carbocycles. The first-order valence-electron chi connectivity index (χ1n) is 11.5. The van der Waals surface area contributed by atoms with Gasteiger partial charge >= 0.3 is 0 Å². The number of sulfonamides is 1. The van der Waals surface area contributed by atoms with Crippen molar-refractivity contribution < 1.29 is 17.9 Å². The van der Waals surface area contributed by atoms with Gasteiger partial charge in [0.15, 0.2) is 0 Å². The smallest absolute Gasteiger partial charge is 0.209 e. The van der Waals surface area contributed by atoms with Crippen LogP contribution in [0, 0.1) is 0 Å². The molecule has 6 nitrogen and oxygen atoms in total. The largest absolute Gasteiger partial charge is 0.489 e. The van der Waals surface area contributed by atoms with Crippen LogP contribution < -0.4 is 9.46 Å². The molecule has 4 aliphatic rings. The van der Waals surface area contributed by atoms with Crippen LogP contribution in [-0.2, 0) is 14.8 Å². The highest BCUT2D eigenvalue weighted by Gasteiger charge is 2.36. The minimum atomic E-state index is -3.26. The summed E-state index contributed by atoms with van der Waals surface area (Å²) in [5, 5.41) is 0.